The zero-order valence-electron chi connectivity index (χ0n) is 13.8. The fourth-order valence-electron chi connectivity index (χ4n) is 3.82. The third-order valence-electron chi connectivity index (χ3n) is 5.15. The Morgan fingerprint density at radius 3 is 3.08 bits per heavy atom. The van der Waals surface area contributed by atoms with Crippen molar-refractivity contribution in [3.63, 3.8) is 0 Å². The lowest BCUT2D eigenvalue weighted by Crippen LogP contribution is -2.40. The first-order valence-electron chi connectivity index (χ1n) is 8.26. The van der Waals surface area contributed by atoms with Gasteiger partial charge in [-0.1, -0.05) is 0 Å². The summed E-state index contributed by atoms with van der Waals surface area (Å²) in [6.45, 7) is 3.77. The van der Waals surface area contributed by atoms with Crippen molar-refractivity contribution in [3.05, 3.63) is 23.5 Å². The molecule has 7 nitrogen and oxygen atoms in total. The predicted octanol–water partition coefficient (Wildman–Crippen LogP) is 1.59. The number of aromatic nitrogens is 2. The van der Waals surface area contributed by atoms with Crippen molar-refractivity contribution in [1.82, 2.24) is 19.2 Å². The molecule has 4 heterocycles. The second-order valence-electron chi connectivity index (χ2n) is 6.59. The third-order valence-corrected chi connectivity index (χ3v) is 6.01. The van der Waals surface area contributed by atoms with Crippen LogP contribution in [0.4, 0.5) is 0 Å². The summed E-state index contributed by atoms with van der Waals surface area (Å²) in [6.07, 6.45) is 2.41. The molecule has 8 heteroatoms. The van der Waals surface area contributed by atoms with Crippen molar-refractivity contribution >= 4 is 33.6 Å². The fourth-order valence-corrected chi connectivity index (χ4v) is 4.55. The van der Waals surface area contributed by atoms with Gasteiger partial charge in [0.1, 0.15) is 11.3 Å². The molecule has 2 aliphatic rings. The number of carbonyl (C=O) groups excluding carboxylic acids is 2. The van der Waals surface area contributed by atoms with E-state index in [4.69, 9.17) is 5.26 Å². The largest absolute Gasteiger partial charge is 0.339 e. The smallest absolute Gasteiger partial charge is 0.255 e. The predicted molar refractivity (Wildman–Crippen MR) is 91.9 cm³/mol. The molecule has 128 valence electrons. The van der Waals surface area contributed by atoms with Crippen LogP contribution >= 0.6 is 11.5 Å². The van der Waals surface area contributed by atoms with Gasteiger partial charge in [0.05, 0.1) is 23.4 Å². The molecule has 2 atom stereocenters. The maximum absolute atomic E-state index is 13.0. The summed E-state index contributed by atoms with van der Waals surface area (Å²) in [4.78, 5) is 33.7. The molecule has 0 unspecified atom stereocenters. The van der Waals surface area contributed by atoms with Crippen molar-refractivity contribution in [3.8, 4) is 6.07 Å². The van der Waals surface area contributed by atoms with E-state index in [2.05, 4.69) is 9.36 Å². The summed E-state index contributed by atoms with van der Waals surface area (Å²) >= 11 is 1.33. The minimum absolute atomic E-state index is 0.0348. The number of carbonyl (C=O) groups is 2. The summed E-state index contributed by atoms with van der Waals surface area (Å²) < 4.78 is 4.28. The molecule has 2 saturated heterocycles. The lowest BCUT2D eigenvalue weighted by Gasteiger charge is -2.24. The first-order chi connectivity index (χ1) is 12.1. The van der Waals surface area contributed by atoms with Crippen LogP contribution in [0.1, 0.15) is 28.9 Å². The van der Waals surface area contributed by atoms with Crippen LogP contribution in [-0.4, -0.2) is 56.6 Å². The molecule has 0 radical (unpaired) electrons. The van der Waals surface area contributed by atoms with Crippen LogP contribution in [0.5, 0.6) is 0 Å². The highest BCUT2D eigenvalue weighted by atomic mass is 32.1. The van der Waals surface area contributed by atoms with Crippen molar-refractivity contribution in [1.29, 1.82) is 5.26 Å². The third kappa shape index (κ3) is 2.65. The zero-order valence-corrected chi connectivity index (χ0v) is 14.6. The van der Waals surface area contributed by atoms with Crippen LogP contribution < -0.4 is 0 Å². The van der Waals surface area contributed by atoms with E-state index in [0.29, 0.717) is 31.1 Å². The Labute approximate surface area is 149 Å². The maximum atomic E-state index is 13.0. The molecule has 2 amide bonds. The molecule has 2 fully saturated rings. The molecule has 2 aliphatic heterocycles. The van der Waals surface area contributed by atoms with Gasteiger partial charge in [-0.3, -0.25) is 9.59 Å². The number of fused-ring (bicyclic) bond motifs is 2. The quantitative estimate of drug-likeness (QED) is 0.816. The number of rotatable bonds is 2. The molecule has 25 heavy (non-hydrogen) atoms. The van der Waals surface area contributed by atoms with Gasteiger partial charge in [-0.15, -0.1) is 0 Å². The standard InChI is InChI=1S/C17H17N5O2S/c1-10-13-6-12(7-19-16(13)25-20-10)17(24)22-5-3-11-8-21(9-14(11)22)15(23)2-4-18/h6-7,11,14H,2-3,5,8-9H2,1H3/t11-,14+/m1/s1. The Morgan fingerprint density at radius 2 is 2.28 bits per heavy atom. The van der Waals surface area contributed by atoms with Gasteiger partial charge in [0.25, 0.3) is 5.91 Å². The van der Waals surface area contributed by atoms with E-state index < -0.39 is 0 Å². The van der Waals surface area contributed by atoms with Crippen LogP contribution in [0.3, 0.4) is 0 Å². The van der Waals surface area contributed by atoms with Gasteiger partial charge in [-0.05, 0) is 30.9 Å². The number of hydrogen-bond donors (Lipinski definition) is 0. The number of hydrogen-bond acceptors (Lipinski definition) is 6. The lowest BCUT2D eigenvalue weighted by molar-refractivity contribution is -0.129. The number of amides is 2. The molecule has 0 N–H and O–H groups in total. The van der Waals surface area contributed by atoms with Gasteiger partial charge in [0.15, 0.2) is 0 Å². The Morgan fingerprint density at radius 1 is 1.44 bits per heavy atom. The minimum Gasteiger partial charge on any atom is -0.339 e. The van der Waals surface area contributed by atoms with Gasteiger partial charge in [-0.2, -0.15) is 9.64 Å². The van der Waals surface area contributed by atoms with Crippen molar-refractivity contribution in [2.75, 3.05) is 19.6 Å². The normalized spacial score (nSPS) is 22.2. The summed E-state index contributed by atoms with van der Waals surface area (Å²) in [5, 5.41) is 9.63. The van der Waals surface area contributed by atoms with E-state index in [1.54, 1.807) is 11.1 Å². The van der Waals surface area contributed by atoms with Gasteiger partial charge < -0.3 is 9.80 Å². The number of pyridine rings is 1. The van der Waals surface area contributed by atoms with Crippen LogP contribution in [0.25, 0.3) is 10.2 Å². The molecule has 2 aromatic heterocycles. The summed E-state index contributed by atoms with van der Waals surface area (Å²) in [7, 11) is 0. The van der Waals surface area contributed by atoms with Crippen LogP contribution in [0.15, 0.2) is 12.3 Å². The molecule has 0 aliphatic carbocycles. The van der Waals surface area contributed by atoms with E-state index in [1.807, 2.05) is 24.0 Å². The van der Waals surface area contributed by atoms with E-state index >= 15 is 0 Å². The molecule has 2 aromatic rings. The number of aryl methyl sites for hydroxylation is 1. The topological polar surface area (TPSA) is 90.2 Å². The zero-order chi connectivity index (χ0) is 17.6. The van der Waals surface area contributed by atoms with Crippen molar-refractivity contribution < 1.29 is 9.59 Å². The molecule has 0 saturated carbocycles. The van der Waals surface area contributed by atoms with Crippen molar-refractivity contribution in [2.24, 2.45) is 5.92 Å². The first-order valence-corrected chi connectivity index (χ1v) is 9.03. The van der Waals surface area contributed by atoms with Crippen molar-refractivity contribution in [2.45, 2.75) is 25.8 Å². The Balaban J connectivity index is 1.55. The Bertz CT molecular complexity index is 902. The molecular formula is C17H17N5O2S. The summed E-state index contributed by atoms with van der Waals surface area (Å²) in [5.74, 6) is 0.113. The Kier molecular flexibility index (Phi) is 3.88. The highest BCUT2D eigenvalue weighted by molar-refractivity contribution is 7.12. The highest BCUT2D eigenvalue weighted by Crippen LogP contribution is 2.33. The van der Waals surface area contributed by atoms with Crippen LogP contribution in [0, 0.1) is 24.2 Å². The summed E-state index contributed by atoms with van der Waals surface area (Å²) in [5.41, 5.74) is 1.45. The van der Waals surface area contributed by atoms with E-state index in [9.17, 15) is 9.59 Å². The van der Waals surface area contributed by atoms with Gasteiger partial charge >= 0.3 is 0 Å². The highest BCUT2D eigenvalue weighted by Gasteiger charge is 2.44. The fraction of sp³-hybridized carbons (Fsp3) is 0.471. The first kappa shape index (κ1) is 16.0. The lowest BCUT2D eigenvalue weighted by atomic mass is 10.0. The molecule has 0 spiro atoms. The summed E-state index contributed by atoms with van der Waals surface area (Å²) in [6, 6.07) is 3.80. The average Bonchev–Trinajstić information content (AvgIpc) is 3.28. The van der Waals surface area contributed by atoms with E-state index in [1.165, 1.54) is 11.5 Å². The number of nitrogens with zero attached hydrogens (tertiary/aromatic N) is 5. The number of likely N-dealkylation sites (tertiary alicyclic amines) is 2. The monoisotopic (exact) mass is 355 g/mol. The van der Waals surface area contributed by atoms with Gasteiger partial charge in [-0.25, -0.2) is 4.98 Å². The van der Waals surface area contributed by atoms with Crippen LogP contribution in [0.2, 0.25) is 0 Å². The van der Waals surface area contributed by atoms with Gasteiger partial charge in [0.2, 0.25) is 5.91 Å². The average molecular weight is 355 g/mol. The van der Waals surface area contributed by atoms with E-state index in [-0.39, 0.29) is 24.3 Å². The second kappa shape index (κ2) is 6.08. The SMILES string of the molecule is Cc1nsc2ncc(C(=O)N3CC[C@@H]4CN(C(=O)CC#N)C[C@@H]43)cc12. The molecule has 0 bridgehead atoms. The van der Waals surface area contributed by atoms with Crippen LogP contribution in [-0.2, 0) is 4.79 Å². The molecule has 4 rings (SSSR count). The second-order valence-corrected chi connectivity index (χ2v) is 7.34. The van der Waals surface area contributed by atoms with E-state index in [0.717, 1.165) is 22.3 Å². The maximum Gasteiger partial charge on any atom is 0.255 e. The molecule has 0 aromatic carbocycles. The Hall–Kier alpha value is -2.53. The van der Waals surface area contributed by atoms with Gasteiger partial charge in [0, 0.05) is 37.1 Å². The number of nitriles is 1. The molecular weight excluding hydrogens is 338 g/mol. The minimum atomic E-state index is -0.146.